The van der Waals surface area contributed by atoms with Crippen LogP contribution in [0.3, 0.4) is 0 Å². The quantitative estimate of drug-likeness (QED) is 0.640. The SMILES string of the molecule is CC(C)CC1=CCC2(CC1)CCN(C)CC2. The summed E-state index contributed by atoms with van der Waals surface area (Å²) in [5, 5.41) is 0. The molecule has 2 rings (SSSR count). The van der Waals surface area contributed by atoms with Crippen molar-refractivity contribution >= 4 is 0 Å². The first-order chi connectivity index (χ1) is 7.60. The number of hydrogen-bond acceptors (Lipinski definition) is 1. The molecule has 0 aromatic heterocycles. The average molecular weight is 221 g/mol. The van der Waals surface area contributed by atoms with E-state index in [0.29, 0.717) is 5.41 Å². The number of allylic oxidation sites excluding steroid dienone is 2. The van der Waals surface area contributed by atoms with Gasteiger partial charge in [-0.05, 0) is 70.0 Å². The molecule has 1 spiro atoms. The molecule has 0 unspecified atom stereocenters. The largest absolute Gasteiger partial charge is 0.306 e. The first-order valence-corrected chi connectivity index (χ1v) is 6.96. The summed E-state index contributed by atoms with van der Waals surface area (Å²) in [5.41, 5.74) is 2.42. The van der Waals surface area contributed by atoms with Crippen molar-refractivity contribution in [2.24, 2.45) is 11.3 Å². The van der Waals surface area contributed by atoms with Crippen LogP contribution in [0.1, 0.15) is 52.4 Å². The molecule has 0 bridgehead atoms. The van der Waals surface area contributed by atoms with Crippen LogP contribution in [0.15, 0.2) is 11.6 Å². The number of likely N-dealkylation sites (tertiary alicyclic amines) is 1. The predicted molar refractivity (Wildman–Crippen MR) is 70.6 cm³/mol. The van der Waals surface area contributed by atoms with E-state index in [1.54, 1.807) is 5.57 Å². The van der Waals surface area contributed by atoms with Gasteiger partial charge in [0.05, 0.1) is 0 Å². The van der Waals surface area contributed by atoms with Crippen molar-refractivity contribution in [3.8, 4) is 0 Å². The van der Waals surface area contributed by atoms with Gasteiger partial charge in [0.25, 0.3) is 0 Å². The highest BCUT2D eigenvalue weighted by Crippen LogP contribution is 2.44. The van der Waals surface area contributed by atoms with E-state index < -0.39 is 0 Å². The molecule has 0 aromatic rings. The zero-order valence-corrected chi connectivity index (χ0v) is 11.3. The summed E-state index contributed by atoms with van der Waals surface area (Å²) in [5.74, 6) is 0.831. The van der Waals surface area contributed by atoms with Crippen LogP contribution in [0.2, 0.25) is 0 Å². The van der Waals surface area contributed by atoms with Crippen LogP contribution >= 0.6 is 0 Å². The molecule has 1 fully saturated rings. The lowest BCUT2D eigenvalue weighted by atomic mass is 9.68. The Morgan fingerprint density at radius 1 is 1.25 bits per heavy atom. The summed E-state index contributed by atoms with van der Waals surface area (Å²) >= 11 is 0. The zero-order chi connectivity index (χ0) is 11.6. The van der Waals surface area contributed by atoms with Gasteiger partial charge >= 0.3 is 0 Å². The van der Waals surface area contributed by atoms with Gasteiger partial charge in [-0.25, -0.2) is 0 Å². The van der Waals surface area contributed by atoms with Crippen LogP contribution in [0.5, 0.6) is 0 Å². The number of piperidine rings is 1. The van der Waals surface area contributed by atoms with Crippen molar-refractivity contribution in [2.75, 3.05) is 20.1 Å². The van der Waals surface area contributed by atoms with E-state index in [1.807, 2.05) is 0 Å². The molecule has 1 saturated heterocycles. The molecule has 1 heteroatoms. The normalized spacial score (nSPS) is 26.1. The topological polar surface area (TPSA) is 3.24 Å². The lowest BCUT2D eigenvalue weighted by Gasteiger charge is -2.43. The molecule has 92 valence electrons. The molecule has 1 aliphatic heterocycles. The Kier molecular flexibility index (Phi) is 3.73. The van der Waals surface area contributed by atoms with Crippen LogP contribution in [-0.4, -0.2) is 25.0 Å². The van der Waals surface area contributed by atoms with Crippen LogP contribution < -0.4 is 0 Å². The molecular weight excluding hydrogens is 194 g/mol. The molecule has 0 amide bonds. The van der Waals surface area contributed by atoms with Crippen molar-refractivity contribution < 1.29 is 0 Å². The third kappa shape index (κ3) is 2.88. The Labute approximate surface area is 101 Å². The molecule has 16 heavy (non-hydrogen) atoms. The van der Waals surface area contributed by atoms with Gasteiger partial charge in [-0.15, -0.1) is 0 Å². The zero-order valence-electron chi connectivity index (χ0n) is 11.3. The number of nitrogens with zero attached hydrogens (tertiary/aromatic N) is 1. The third-order valence-electron chi connectivity index (χ3n) is 4.52. The summed E-state index contributed by atoms with van der Waals surface area (Å²) in [6, 6.07) is 0. The van der Waals surface area contributed by atoms with E-state index >= 15 is 0 Å². The highest BCUT2D eigenvalue weighted by Gasteiger charge is 2.34. The van der Waals surface area contributed by atoms with Crippen molar-refractivity contribution in [2.45, 2.75) is 52.4 Å². The fourth-order valence-corrected chi connectivity index (χ4v) is 3.25. The lowest BCUT2D eigenvalue weighted by molar-refractivity contribution is 0.109. The maximum absolute atomic E-state index is 2.58. The lowest BCUT2D eigenvalue weighted by Crippen LogP contribution is -2.38. The van der Waals surface area contributed by atoms with Gasteiger partial charge in [0.2, 0.25) is 0 Å². The van der Waals surface area contributed by atoms with Crippen molar-refractivity contribution in [1.82, 2.24) is 4.90 Å². The Morgan fingerprint density at radius 2 is 1.94 bits per heavy atom. The molecule has 0 saturated carbocycles. The minimum absolute atomic E-state index is 0.687. The summed E-state index contributed by atoms with van der Waals surface area (Å²) in [6.45, 7) is 7.29. The third-order valence-corrected chi connectivity index (χ3v) is 4.52. The second-order valence-corrected chi connectivity index (χ2v) is 6.47. The standard InChI is InChI=1S/C15H27N/c1-13(2)12-14-4-6-15(7-5-14)8-10-16(3)11-9-15/h4,13H,5-12H2,1-3H3. The molecule has 2 aliphatic rings. The molecular formula is C15H27N. The van der Waals surface area contributed by atoms with Crippen molar-refractivity contribution in [3.05, 3.63) is 11.6 Å². The minimum Gasteiger partial charge on any atom is -0.306 e. The van der Waals surface area contributed by atoms with Gasteiger partial charge in [0, 0.05) is 0 Å². The predicted octanol–water partition coefficient (Wildman–Crippen LogP) is 3.85. The Balaban J connectivity index is 1.90. The van der Waals surface area contributed by atoms with E-state index in [0.717, 1.165) is 5.92 Å². The molecule has 1 aliphatic carbocycles. The maximum atomic E-state index is 2.58. The molecule has 0 radical (unpaired) electrons. The fourth-order valence-electron chi connectivity index (χ4n) is 3.25. The first kappa shape index (κ1) is 12.2. The van der Waals surface area contributed by atoms with Gasteiger partial charge in [0.1, 0.15) is 0 Å². The second-order valence-electron chi connectivity index (χ2n) is 6.47. The van der Waals surface area contributed by atoms with E-state index in [9.17, 15) is 0 Å². The van der Waals surface area contributed by atoms with Gasteiger partial charge in [0.15, 0.2) is 0 Å². The Bertz CT molecular complexity index is 257. The monoisotopic (exact) mass is 221 g/mol. The maximum Gasteiger partial charge on any atom is -0.00164 e. The first-order valence-electron chi connectivity index (χ1n) is 6.96. The molecule has 0 N–H and O–H groups in total. The number of rotatable bonds is 2. The van der Waals surface area contributed by atoms with Crippen LogP contribution in [0.4, 0.5) is 0 Å². The average Bonchev–Trinajstić information content (AvgIpc) is 2.26. The molecule has 1 heterocycles. The van der Waals surface area contributed by atoms with E-state index in [1.165, 1.54) is 51.6 Å². The van der Waals surface area contributed by atoms with Crippen LogP contribution in [-0.2, 0) is 0 Å². The minimum atomic E-state index is 0.687. The summed E-state index contributed by atoms with van der Waals surface area (Å²) in [6.07, 6.45) is 11.0. The summed E-state index contributed by atoms with van der Waals surface area (Å²) < 4.78 is 0. The highest BCUT2D eigenvalue weighted by atomic mass is 15.1. The number of hydrogen-bond donors (Lipinski definition) is 0. The van der Waals surface area contributed by atoms with Gasteiger partial charge in [-0.1, -0.05) is 25.5 Å². The van der Waals surface area contributed by atoms with E-state index in [2.05, 4.69) is 31.9 Å². The van der Waals surface area contributed by atoms with Crippen LogP contribution in [0.25, 0.3) is 0 Å². The molecule has 0 atom stereocenters. The van der Waals surface area contributed by atoms with Gasteiger partial charge in [-0.2, -0.15) is 0 Å². The van der Waals surface area contributed by atoms with Gasteiger partial charge < -0.3 is 4.90 Å². The fraction of sp³-hybridized carbons (Fsp3) is 0.867. The molecule has 0 aromatic carbocycles. The van der Waals surface area contributed by atoms with Crippen LogP contribution in [0, 0.1) is 11.3 Å². The highest BCUT2D eigenvalue weighted by molar-refractivity contribution is 5.11. The Morgan fingerprint density at radius 3 is 2.44 bits per heavy atom. The smallest absolute Gasteiger partial charge is 0.00164 e. The van der Waals surface area contributed by atoms with E-state index in [-0.39, 0.29) is 0 Å². The summed E-state index contributed by atoms with van der Waals surface area (Å²) in [7, 11) is 2.26. The summed E-state index contributed by atoms with van der Waals surface area (Å²) in [4.78, 5) is 2.48. The van der Waals surface area contributed by atoms with Crippen molar-refractivity contribution in [1.29, 1.82) is 0 Å². The van der Waals surface area contributed by atoms with Crippen molar-refractivity contribution in [3.63, 3.8) is 0 Å². The molecule has 1 nitrogen and oxygen atoms in total. The second kappa shape index (κ2) is 4.91. The van der Waals surface area contributed by atoms with E-state index in [4.69, 9.17) is 0 Å². The van der Waals surface area contributed by atoms with Gasteiger partial charge in [-0.3, -0.25) is 0 Å². The Hall–Kier alpha value is -0.300.